The number of hydrogen-bond donors (Lipinski definition) is 1. The minimum atomic E-state index is 0.587. The second-order valence-corrected chi connectivity index (χ2v) is 7.87. The molecule has 1 aromatic rings. The Morgan fingerprint density at radius 1 is 0.565 bits per heavy atom. The molecule has 1 nitrogen and oxygen atoms in total. The Labute approximate surface area is 142 Å². The Bertz CT molecular complexity index is 423. The standard InChI is InChI=1S/C22H34O/c23-22-20(18-12-7-3-1-4-8-13-18)16-11-17-21(22)19-14-9-5-2-6-10-15-19/h11,16-19,23H,1-10,12-15H2. The highest BCUT2D eigenvalue weighted by Gasteiger charge is 2.22. The maximum atomic E-state index is 11.0. The van der Waals surface area contributed by atoms with Crippen molar-refractivity contribution in [1.29, 1.82) is 0 Å². The highest BCUT2D eigenvalue weighted by molar-refractivity contribution is 5.44. The SMILES string of the molecule is Oc1c(C2CCCCCCC2)cccc1C1CCCCCCC1. The van der Waals surface area contributed by atoms with Crippen molar-refractivity contribution in [2.24, 2.45) is 0 Å². The maximum Gasteiger partial charge on any atom is 0.122 e. The molecule has 0 amide bonds. The zero-order valence-electron chi connectivity index (χ0n) is 14.7. The molecule has 128 valence electrons. The summed E-state index contributed by atoms with van der Waals surface area (Å²) in [5, 5.41) is 11.0. The first kappa shape index (κ1) is 16.9. The smallest absolute Gasteiger partial charge is 0.122 e. The molecule has 0 saturated heterocycles. The first-order valence-electron chi connectivity index (χ1n) is 10.2. The van der Waals surface area contributed by atoms with Crippen LogP contribution in [-0.4, -0.2) is 5.11 Å². The lowest BCUT2D eigenvalue weighted by Crippen LogP contribution is -2.07. The van der Waals surface area contributed by atoms with Gasteiger partial charge in [0.1, 0.15) is 5.75 Å². The molecule has 0 atom stereocenters. The van der Waals surface area contributed by atoms with Gasteiger partial charge in [-0.05, 0) is 48.6 Å². The molecule has 0 aromatic heterocycles. The first-order valence-corrected chi connectivity index (χ1v) is 10.2. The van der Waals surface area contributed by atoms with E-state index >= 15 is 0 Å². The van der Waals surface area contributed by atoms with E-state index in [1.165, 1.54) is 101 Å². The van der Waals surface area contributed by atoms with Crippen LogP contribution in [0.15, 0.2) is 18.2 Å². The molecule has 0 heterocycles. The molecule has 0 radical (unpaired) electrons. The summed E-state index contributed by atoms with van der Waals surface area (Å²) in [7, 11) is 0. The molecule has 3 rings (SSSR count). The highest BCUT2D eigenvalue weighted by Crippen LogP contribution is 2.42. The predicted octanol–water partition coefficient (Wildman–Crippen LogP) is 7.05. The summed E-state index contributed by atoms with van der Waals surface area (Å²) >= 11 is 0. The molecular formula is C22H34O. The van der Waals surface area contributed by atoms with Crippen LogP contribution in [0.1, 0.15) is 113 Å². The molecule has 2 aliphatic carbocycles. The van der Waals surface area contributed by atoms with Crippen molar-refractivity contribution in [2.45, 2.75) is 102 Å². The summed E-state index contributed by atoms with van der Waals surface area (Å²) in [6.45, 7) is 0. The quantitative estimate of drug-likeness (QED) is 0.620. The monoisotopic (exact) mass is 314 g/mol. The molecule has 0 spiro atoms. The van der Waals surface area contributed by atoms with Gasteiger partial charge in [0.25, 0.3) is 0 Å². The average molecular weight is 315 g/mol. The third-order valence-corrected chi connectivity index (χ3v) is 6.19. The highest BCUT2D eigenvalue weighted by atomic mass is 16.3. The van der Waals surface area contributed by atoms with Crippen molar-refractivity contribution in [3.63, 3.8) is 0 Å². The summed E-state index contributed by atoms with van der Waals surface area (Å²) in [6, 6.07) is 6.62. The van der Waals surface area contributed by atoms with Crippen molar-refractivity contribution in [3.05, 3.63) is 29.3 Å². The number of benzene rings is 1. The Kier molecular flexibility index (Phi) is 6.42. The fraction of sp³-hybridized carbons (Fsp3) is 0.727. The molecule has 0 bridgehead atoms. The van der Waals surface area contributed by atoms with Gasteiger partial charge >= 0.3 is 0 Å². The van der Waals surface area contributed by atoms with Gasteiger partial charge in [0.05, 0.1) is 0 Å². The second kappa shape index (κ2) is 8.76. The zero-order chi connectivity index (χ0) is 15.9. The third kappa shape index (κ3) is 4.52. The zero-order valence-corrected chi connectivity index (χ0v) is 14.7. The van der Waals surface area contributed by atoms with Gasteiger partial charge in [-0.1, -0.05) is 82.4 Å². The molecule has 2 fully saturated rings. The minimum Gasteiger partial charge on any atom is -0.507 e. The second-order valence-electron chi connectivity index (χ2n) is 7.87. The van der Waals surface area contributed by atoms with E-state index in [-0.39, 0.29) is 0 Å². The molecule has 2 aliphatic rings. The van der Waals surface area contributed by atoms with Crippen molar-refractivity contribution in [1.82, 2.24) is 0 Å². The van der Waals surface area contributed by atoms with E-state index in [2.05, 4.69) is 18.2 Å². The number of phenols is 1. The molecule has 23 heavy (non-hydrogen) atoms. The first-order chi connectivity index (χ1) is 11.4. The lowest BCUT2D eigenvalue weighted by Gasteiger charge is -2.25. The van der Waals surface area contributed by atoms with E-state index in [0.717, 1.165) is 0 Å². The summed E-state index contributed by atoms with van der Waals surface area (Å²) < 4.78 is 0. The fourth-order valence-corrected chi connectivity index (χ4v) is 4.77. The van der Waals surface area contributed by atoms with Crippen molar-refractivity contribution in [3.8, 4) is 5.75 Å². The fourth-order valence-electron chi connectivity index (χ4n) is 4.77. The van der Waals surface area contributed by atoms with E-state index in [9.17, 15) is 5.11 Å². The van der Waals surface area contributed by atoms with Crippen LogP contribution >= 0.6 is 0 Å². The summed E-state index contributed by atoms with van der Waals surface area (Å²) in [5.41, 5.74) is 2.51. The van der Waals surface area contributed by atoms with Crippen LogP contribution in [0.25, 0.3) is 0 Å². The van der Waals surface area contributed by atoms with Crippen LogP contribution < -0.4 is 0 Å². The topological polar surface area (TPSA) is 20.2 Å². The third-order valence-electron chi connectivity index (χ3n) is 6.19. The molecular weight excluding hydrogens is 280 g/mol. The molecule has 2 saturated carbocycles. The number of rotatable bonds is 2. The van der Waals surface area contributed by atoms with Crippen LogP contribution in [-0.2, 0) is 0 Å². The van der Waals surface area contributed by atoms with Crippen molar-refractivity contribution >= 4 is 0 Å². The Balaban J connectivity index is 1.78. The molecule has 1 aromatic carbocycles. The Hall–Kier alpha value is -0.980. The van der Waals surface area contributed by atoms with E-state index in [0.29, 0.717) is 17.6 Å². The lowest BCUT2D eigenvalue weighted by atomic mass is 9.81. The van der Waals surface area contributed by atoms with E-state index in [1.807, 2.05) is 0 Å². The van der Waals surface area contributed by atoms with Crippen LogP contribution in [0.4, 0.5) is 0 Å². The maximum absolute atomic E-state index is 11.0. The number of hydrogen-bond acceptors (Lipinski definition) is 1. The van der Waals surface area contributed by atoms with Gasteiger partial charge in [0, 0.05) is 0 Å². The normalized spacial score (nSPS) is 22.8. The van der Waals surface area contributed by atoms with E-state index < -0.39 is 0 Å². The van der Waals surface area contributed by atoms with Gasteiger partial charge in [-0.15, -0.1) is 0 Å². The number of aromatic hydroxyl groups is 1. The molecule has 0 aliphatic heterocycles. The molecule has 0 unspecified atom stereocenters. The number of para-hydroxylation sites is 1. The summed E-state index contributed by atoms with van der Waals surface area (Å²) in [6.07, 6.45) is 18.7. The number of phenolic OH excluding ortho intramolecular Hbond substituents is 1. The molecule has 1 N–H and O–H groups in total. The van der Waals surface area contributed by atoms with Crippen LogP contribution in [0, 0.1) is 0 Å². The van der Waals surface area contributed by atoms with E-state index in [1.54, 1.807) is 0 Å². The van der Waals surface area contributed by atoms with Crippen LogP contribution in [0.3, 0.4) is 0 Å². The van der Waals surface area contributed by atoms with Crippen LogP contribution in [0.5, 0.6) is 5.75 Å². The summed E-state index contributed by atoms with van der Waals surface area (Å²) in [5.74, 6) is 1.83. The molecule has 1 heteroatoms. The van der Waals surface area contributed by atoms with Gasteiger partial charge in [-0.2, -0.15) is 0 Å². The minimum absolute atomic E-state index is 0.587. The van der Waals surface area contributed by atoms with Crippen molar-refractivity contribution < 1.29 is 5.11 Å². The Morgan fingerprint density at radius 3 is 1.30 bits per heavy atom. The van der Waals surface area contributed by atoms with Gasteiger partial charge < -0.3 is 5.11 Å². The van der Waals surface area contributed by atoms with Crippen molar-refractivity contribution in [2.75, 3.05) is 0 Å². The van der Waals surface area contributed by atoms with Gasteiger partial charge in [0.15, 0.2) is 0 Å². The summed E-state index contributed by atoms with van der Waals surface area (Å²) in [4.78, 5) is 0. The van der Waals surface area contributed by atoms with Gasteiger partial charge in [0.2, 0.25) is 0 Å². The van der Waals surface area contributed by atoms with Gasteiger partial charge in [-0.3, -0.25) is 0 Å². The van der Waals surface area contributed by atoms with Gasteiger partial charge in [-0.25, -0.2) is 0 Å². The largest absolute Gasteiger partial charge is 0.507 e. The Morgan fingerprint density at radius 2 is 0.913 bits per heavy atom. The lowest BCUT2D eigenvalue weighted by molar-refractivity contribution is 0.404. The average Bonchev–Trinajstić information content (AvgIpc) is 2.48. The van der Waals surface area contributed by atoms with E-state index in [4.69, 9.17) is 0 Å². The predicted molar refractivity (Wildman–Crippen MR) is 98.2 cm³/mol. The van der Waals surface area contributed by atoms with Crippen LogP contribution in [0.2, 0.25) is 0 Å².